The van der Waals surface area contributed by atoms with E-state index in [0.717, 1.165) is 4.31 Å². The van der Waals surface area contributed by atoms with Crippen molar-refractivity contribution in [1.29, 1.82) is 0 Å². The van der Waals surface area contributed by atoms with Gasteiger partial charge in [-0.3, -0.25) is 9.59 Å². The molecule has 1 amide bonds. The molecule has 31 heavy (non-hydrogen) atoms. The lowest BCUT2D eigenvalue weighted by Crippen LogP contribution is -2.48. The van der Waals surface area contributed by atoms with Gasteiger partial charge in [-0.25, -0.2) is 8.42 Å². The monoisotopic (exact) mass is 454 g/mol. The van der Waals surface area contributed by atoms with E-state index in [1.54, 1.807) is 11.0 Å². The van der Waals surface area contributed by atoms with Gasteiger partial charge in [-0.05, 0) is 31.9 Å². The predicted octanol–water partition coefficient (Wildman–Crippen LogP) is 0.401. The third-order valence-corrected chi connectivity index (χ3v) is 7.46. The van der Waals surface area contributed by atoms with Crippen LogP contribution in [-0.4, -0.2) is 87.7 Å². The zero-order valence-corrected chi connectivity index (χ0v) is 18.1. The highest BCUT2D eigenvalue weighted by Gasteiger charge is 2.42. The van der Waals surface area contributed by atoms with Crippen LogP contribution in [-0.2, 0) is 29.1 Å². The Bertz CT molecular complexity index is 944. The van der Waals surface area contributed by atoms with Gasteiger partial charge < -0.3 is 23.8 Å². The number of esters is 1. The number of sulfonamides is 1. The number of carbonyl (C=O) groups is 2. The molecule has 2 atom stereocenters. The highest BCUT2D eigenvalue weighted by molar-refractivity contribution is 7.89. The smallest absolute Gasteiger partial charge is 0.325 e. The maximum absolute atomic E-state index is 13.2. The van der Waals surface area contributed by atoms with Gasteiger partial charge in [0.1, 0.15) is 19.3 Å². The van der Waals surface area contributed by atoms with Crippen LogP contribution in [0.15, 0.2) is 23.1 Å². The average molecular weight is 455 g/mol. The number of morpholine rings is 1. The highest BCUT2D eigenvalue weighted by Crippen LogP contribution is 2.35. The maximum atomic E-state index is 13.2. The van der Waals surface area contributed by atoms with Crippen molar-refractivity contribution < 1.29 is 37.0 Å². The summed E-state index contributed by atoms with van der Waals surface area (Å²) >= 11 is 0. The molecule has 3 aliphatic heterocycles. The Kier molecular flexibility index (Phi) is 6.35. The number of benzene rings is 1. The number of ether oxygens (including phenoxy) is 4. The summed E-state index contributed by atoms with van der Waals surface area (Å²) in [7, 11) is -3.96. The van der Waals surface area contributed by atoms with Gasteiger partial charge in [0.25, 0.3) is 5.91 Å². The molecule has 0 aliphatic carbocycles. The Morgan fingerprint density at radius 3 is 2.52 bits per heavy atom. The number of fused-ring (bicyclic) bond motifs is 1. The van der Waals surface area contributed by atoms with Crippen molar-refractivity contribution in [3.05, 3.63) is 18.2 Å². The molecule has 11 heteroatoms. The minimum absolute atomic E-state index is 0.0221. The van der Waals surface area contributed by atoms with Crippen LogP contribution in [0.4, 0.5) is 0 Å². The molecule has 2 saturated heterocycles. The molecule has 4 rings (SSSR count). The Balaban J connectivity index is 1.46. The van der Waals surface area contributed by atoms with Crippen LogP contribution in [0.2, 0.25) is 0 Å². The van der Waals surface area contributed by atoms with E-state index in [0.29, 0.717) is 63.9 Å². The second-order valence-electron chi connectivity index (χ2n) is 7.60. The molecule has 2 fully saturated rings. The van der Waals surface area contributed by atoms with Crippen LogP contribution in [0.25, 0.3) is 0 Å². The number of carbonyl (C=O) groups excluding carboxylic acids is 2. The first-order valence-electron chi connectivity index (χ1n) is 10.4. The van der Waals surface area contributed by atoms with Gasteiger partial charge in [-0.2, -0.15) is 4.31 Å². The van der Waals surface area contributed by atoms with Crippen molar-refractivity contribution in [1.82, 2.24) is 9.21 Å². The number of nitrogens with zero attached hydrogens (tertiary/aromatic N) is 2. The molecule has 3 heterocycles. The molecule has 170 valence electrons. The van der Waals surface area contributed by atoms with Crippen LogP contribution in [0, 0.1) is 0 Å². The fraction of sp³-hybridized carbons (Fsp3) is 0.600. The third kappa shape index (κ3) is 4.48. The second-order valence-corrected chi connectivity index (χ2v) is 9.49. The molecular formula is C20H26N2O8S. The first kappa shape index (κ1) is 21.8. The molecule has 3 aliphatic rings. The normalized spacial score (nSPS) is 22.7. The van der Waals surface area contributed by atoms with Crippen LogP contribution in [0.3, 0.4) is 0 Å². The SMILES string of the molecule is C[C@H](OC(=O)[C@@H]1CCCN1S(=O)(=O)c1ccc2c(c1)OCCO2)C(=O)N1CCOCC1. The van der Waals surface area contributed by atoms with Crippen molar-refractivity contribution in [3.8, 4) is 11.5 Å². The Labute approximate surface area is 181 Å². The first-order chi connectivity index (χ1) is 14.9. The van der Waals surface area contributed by atoms with Gasteiger partial charge >= 0.3 is 5.97 Å². The largest absolute Gasteiger partial charge is 0.486 e. The lowest BCUT2D eigenvalue weighted by atomic mass is 10.2. The van der Waals surface area contributed by atoms with Gasteiger partial charge in [0.2, 0.25) is 10.0 Å². The van der Waals surface area contributed by atoms with Crippen molar-refractivity contribution in [2.24, 2.45) is 0 Å². The van der Waals surface area contributed by atoms with E-state index in [1.807, 2.05) is 0 Å². The molecule has 0 bridgehead atoms. The van der Waals surface area contributed by atoms with E-state index >= 15 is 0 Å². The van der Waals surface area contributed by atoms with Crippen LogP contribution >= 0.6 is 0 Å². The predicted molar refractivity (Wildman–Crippen MR) is 107 cm³/mol. The highest BCUT2D eigenvalue weighted by atomic mass is 32.2. The molecule has 0 unspecified atom stereocenters. The molecular weight excluding hydrogens is 428 g/mol. The van der Waals surface area contributed by atoms with E-state index in [4.69, 9.17) is 18.9 Å². The second kappa shape index (κ2) is 9.01. The summed E-state index contributed by atoms with van der Waals surface area (Å²) in [5, 5.41) is 0. The van der Waals surface area contributed by atoms with Gasteiger partial charge in [-0.15, -0.1) is 0 Å². The lowest BCUT2D eigenvalue weighted by molar-refractivity contribution is -0.163. The number of hydrogen-bond acceptors (Lipinski definition) is 8. The minimum Gasteiger partial charge on any atom is -0.486 e. The maximum Gasteiger partial charge on any atom is 0.325 e. The van der Waals surface area contributed by atoms with Crippen LogP contribution in [0.5, 0.6) is 11.5 Å². The Morgan fingerprint density at radius 2 is 1.77 bits per heavy atom. The summed E-state index contributed by atoms with van der Waals surface area (Å²) < 4.78 is 49.1. The molecule has 1 aromatic carbocycles. The third-order valence-electron chi connectivity index (χ3n) is 5.56. The Morgan fingerprint density at radius 1 is 1.06 bits per heavy atom. The van der Waals surface area contributed by atoms with Gasteiger partial charge in [-0.1, -0.05) is 0 Å². The van der Waals surface area contributed by atoms with Gasteiger partial charge in [0.05, 0.1) is 18.1 Å². The van der Waals surface area contributed by atoms with Crippen molar-refractivity contribution in [2.45, 2.75) is 36.8 Å². The number of amides is 1. The van der Waals surface area contributed by atoms with Crippen molar-refractivity contribution in [2.75, 3.05) is 46.1 Å². The summed E-state index contributed by atoms with van der Waals surface area (Å²) in [6.07, 6.45) is -0.138. The van der Waals surface area contributed by atoms with Crippen LogP contribution in [0.1, 0.15) is 19.8 Å². The first-order valence-corrected chi connectivity index (χ1v) is 11.8. The summed E-state index contributed by atoms with van der Waals surface area (Å²) in [4.78, 5) is 26.9. The molecule has 0 saturated carbocycles. The van der Waals surface area contributed by atoms with E-state index in [9.17, 15) is 18.0 Å². The van der Waals surface area contributed by atoms with E-state index in [1.165, 1.54) is 19.1 Å². The van der Waals surface area contributed by atoms with E-state index in [2.05, 4.69) is 0 Å². The van der Waals surface area contributed by atoms with Crippen molar-refractivity contribution >= 4 is 21.9 Å². The summed E-state index contributed by atoms with van der Waals surface area (Å²) in [5.41, 5.74) is 0. The van der Waals surface area contributed by atoms with E-state index in [-0.39, 0.29) is 17.3 Å². The molecule has 0 spiro atoms. The zero-order chi connectivity index (χ0) is 22.0. The number of hydrogen-bond donors (Lipinski definition) is 0. The quantitative estimate of drug-likeness (QED) is 0.588. The van der Waals surface area contributed by atoms with Crippen LogP contribution < -0.4 is 9.47 Å². The molecule has 0 aromatic heterocycles. The standard InChI is InChI=1S/C20H26N2O8S/c1-14(19(23)21-7-9-27-10-8-21)30-20(24)16-3-2-6-22(16)31(25,26)15-4-5-17-18(13-15)29-12-11-28-17/h4-5,13-14,16H,2-3,6-12H2,1H3/t14-,16-/m0/s1. The fourth-order valence-electron chi connectivity index (χ4n) is 3.93. The summed E-state index contributed by atoms with van der Waals surface area (Å²) in [6.45, 7) is 4.20. The molecule has 0 N–H and O–H groups in total. The average Bonchev–Trinajstić information content (AvgIpc) is 3.30. The fourth-order valence-corrected chi connectivity index (χ4v) is 5.59. The van der Waals surface area contributed by atoms with Gasteiger partial charge in [0, 0.05) is 25.7 Å². The van der Waals surface area contributed by atoms with E-state index < -0.39 is 28.1 Å². The summed E-state index contributed by atoms with van der Waals surface area (Å²) in [5.74, 6) is -0.183. The minimum atomic E-state index is -3.96. The Hall–Kier alpha value is -2.37. The number of rotatable bonds is 5. The lowest BCUT2D eigenvalue weighted by Gasteiger charge is -2.30. The zero-order valence-electron chi connectivity index (χ0n) is 17.3. The molecule has 0 radical (unpaired) electrons. The topological polar surface area (TPSA) is 112 Å². The molecule has 1 aromatic rings. The molecule has 10 nitrogen and oxygen atoms in total. The summed E-state index contributed by atoms with van der Waals surface area (Å²) in [6, 6.07) is 3.43. The van der Waals surface area contributed by atoms with Crippen molar-refractivity contribution in [3.63, 3.8) is 0 Å². The van der Waals surface area contributed by atoms with Gasteiger partial charge in [0.15, 0.2) is 17.6 Å².